The van der Waals surface area contributed by atoms with Crippen LogP contribution in [-0.2, 0) is 5.41 Å². The summed E-state index contributed by atoms with van der Waals surface area (Å²) in [6.07, 6.45) is 0. The molecule has 1 spiro atoms. The van der Waals surface area contributed by atoms with Gasteiger partial charge in [-0.2, -0.15) is 0 Å². The van der Waals surface area contributed by atoms with E-state index >= 15 is 0 Å². The van der Waals surface area contributed by atoms with E-state index in [0.29, 0.717) is 0 Å². The van der Waals surface area contributed by atoms with Gasteiger partial charge in [-0.1, -0.05) is 164 Å². The standard InChI is InChI=1S/C49H30N2S/c1-3-15-31(16-4-1)33-19-13-20-34(29-33)42-30-43(51-48(50-42)32-17-5-2-6-18-32)37-24-14-25-39-45-38-23-9-12-28-44(38)52-47(45)49(46(37)39)40-26-10-7-21-35(40)36-22-8-11-27-41(36)49/h1-30H. The van der Waals surface area contributed by atoms with Crippen LogP contribution in [0.2, 0.25) is 0 Å². The van der Waals surface area contributed by atoms with Crippen LogP contribution >= 0.6 is 11.3 Å². The van der Waals surface area contributed by atoms with Crippen LogP contribution in [0.4, 0.5) is 0 Å². The molecule has 2 heterocycles. The molecule has 7 aromatic carbocycles. The number of aromatic nitrogens is 2. The fourth-order valence-corrected chi connectivity index (χ4v) is 10.2. The van der Waals surface area contributed by atoms with Crippen LogP contribution in [0.25, 0.3) is 77.4 Å². The molecule has 2 aliphatic rings. The van der Waals surface area contributed by atoms with Crippen molar-refractivity contribution in [2.75, 3.05) is 0 Å². The molecule has 2 nitrogen and oxygen atoms in total. The molecule has 0 bridgehead atoms. The van der Waals surface area contributed by atoms with Crippen LogP contribution in [0, 0.1) is 0 Å². The van der Waals surface area contributed by atoms with Crippen molar-refractivity contribution in [2.24, 2.45) is 0 Å². The molecule has 0 unspecified atom stereocenters. The van der Waals surface area contributed by atoms with Crippen LogP contribution in [0.5, 0.6) is 0 Å². The molecule has 52 heavy (non-hydrogen) atoms. The third-order valence-electron chi connectivity index (χ3n) is 10.9. The maximum atomic E-state index is 5.43. The number of nitrogens with zero attached hydrogens (tertiary/aromatic N) is 2. The maximum Gasteiger partial charge on any atom is 0.160 e. The molecular formula is C49H30N2S. The minimum atomic E-state index is -0.483. The molecular weight excluding hydrogens is 649 g/mol. The lowest BCUT2D eigenvalue weighted by Crippen LogP contribution is -2.26. The summed E-state index contributed by atoms with van der Waals surface area (Å²) in [5, 5.41) is 1.31. The third-order valence-corrected chi connectivity index (χ3v) is 12.2. The van der Waals surface area contributed by atoms with E-state index in [9.17, 15) is 0 Å². The van der Waals surface area contributed by atoms with Gasteiger partial charge in [-0.25, -0.2) is 9.97 Å². The van der Waals surface area contributed by atoms with Gasteiger partial charge in [0.2, 0.25) is 0 Å². The van der Waals surface area contributed by atoms with E-state index in [2.05, 4.69) is 176 Å². The summed E-state index contributed by atoms with van der Waals surface area (Å²) < 4.78 is 1.32. The van der Waals surface area contributed by atoms with Gasteiger partial charge in [0.25, 0.3) is 0 Å². The first kappa shape index (κ1) is 29.3. The van der Waals surface area contributed by atoms with Crippen LogP contribution in [0.3, 0.4) is 0 Å². The first-order chi connectivity index (χ1) is 25.8. The normalized spacial score (nSPS) is 13.2. The SMILES string of the molecule is c1ccc(-c2cccc(-c3cc(-c4cccc5c4C4(c6ccccc6-c6ccccc64)c4sc6ccccc6c4-5)nc(-c4ccccc4)n3)c2)cc1. The molecule has 0 aliphatic heterocycles. The quantitative estimate of drug-likeness (QED) is 0.185. The van der Waals surface area contributed by atoms with E-state index in [-0.39, 0.29) is 0 Å². The van der Waals surface area contributed by atoms with Crippen molar-refractivity contribution in [2.45, 2.75) is 5.41 Å². The summed E-state index contributed by atoms with van der Waals surface area (Å²) in [5.74, 6) is 0.718. The highest BCUT2D eigenvalue weighted by Gasteiger charge is 2.54. The number of rotatable bonds is 4. The minimum Gasteiger partial charge on any atom is -0.228 e. The van der Waals surface area contributed by atoms with Crippen LogP contribution in [-0.4, -0.2) is 9.97 Å². The Balaban J connectivity index is 1.23. The zero-order valence-corrected chi connectivity index (χ0v) is 28.9. The number of hydrogen-bond donors (Lipinski definition) is 0. The van der Waals surface area contributed by atoms with E-state index in [1.165, 1.54) is 59.5 Å². The Hall–Kier alpha value is -6.42. The summed E-state index contributed by atoms with van der Waals surface area (Å²) in [6, 6.07) is 65.6. The fourth-order valence-electron chi connectivity index (χ4n) is 8.76. The van der Waals surface area contributed by atoms with Gasteiger partial charge in [-0.15, -0.1) is 11.3 Å². The molecule has 9 aromatic rings. The highest BCUT2D eigenvalue weighted by molar-refractivity contribution is 7.20. The van der Waals surface area contributed by atoms with E-state index in [1.54, 1.807) is 0 Å². The molecule has 11 rings (SSSR count). The van der Waals surface area contributed by atoms with Crippen molar-refractivity contribution < 1.29 is 0 Å². The first-order valence-electron chi connectivity index (χ1n) is 17.7. The molecule has 2 aromatic heterocycles. The topological polar surface area (TPSA) is 25.8 Å². The Morgan fingerprint density at radius 1 is 0.404 bits per heavy atom. The summed E-state index contributed by atoms with van der Waals surface area (Å²) in [7, 11) is 0. The van der Waals surface area contributed by atoms with Crippen molar-refractivity contribution >= 4 is 21.4 Å². The van der Waals surface area contributed by atoms with Crippen molar-refractivity contribution in [3.63, 3.8) is 0 Å². The largest absolute Gasteiger partial charge is 0.228 e. The molecule has 0 amide bonds. The summed E-state index contributed by atoms with van der Waals surface area (Å²) >= 11 is 1.94. The van der Waals surface area contributed by atoms with E-state index in [0.717, 1.165) is 39.5 Å². The van der Waals surface area contributed by atoms with Gasteiger partial charge in [0.1, 0.15) is 0 Å². The van der Waals surface area contributed by atoms with Gasteiger partial charge in [-0.3, -0.25) is 0 Å². The van der Waals surface area contributed by atoms with Crippen molar-refractivity contribution in [1.29, 1.82) is 0 Å². The molecule has 0 saturated carbocycles. The van der Waals surface area contributed by atoms with Crippen molar-refractivity contribution in [3.8, 4) is 67.3 Å². The van der Waals surface area contributed by atoms with Gasteiger partial charge in [0, 0.05) is 37.2 Å². The zero-order chi connectivity index (χ0) is 34.2. The van der Waals surface area contributed by atoms with Gasteiger partial charge in [0.15, 0.2) is 5.82 Å². The number of benzene rings is 7. The second kappa shape index (κ2) is 11.3. The Labute approximate surface area is 306 Å². The van der Waals surface area contributed by atoms with E-state index in [1.807, 2.05) is 17.4 Å². The van der Waals surface area contributed by atoms with E-state index < -0.39 is 5.41 Å². The lowest BCUT2D eigenvalue weighted by molar-refractivity contribution is 0.813. The molecule has 242 valence electrons. The number of thiophene rings is 1. The first-order valence-corrected chi connectivity index (χ1v) is 18.6. The molecule has 3 heteroatoms. The predicted molar refractivity (Wildman–Crippen MR) is 215 cm³/mol. The lowest BCUT2D eigenvalue weighted by Gasteiger charge is -2.31. The summed E-state index contributed by atoms with van der Waals surface area (Å²) in [4.78, 5) is 12.1. The highest BCUT2D eigenvalue weighted by Crippen LogP contribution is 2.67. The predicted octanol–water partition coefficient (Wildman–Crippen LogP) is 12.7. The molecule has 0 fully saturated rings. The van der Waals surface area contributed by atoms with E-state index in [4.69, 9.17) is 9.97 Å². The average Bonchev–Trinajstić information content (AvgIpc) is 3.85. The molecule has 2 aliphatic carbocycles. The monoisotopic (exact) mass is 678 g/mol. The Kier molecular flexibility index (Phi) is 6.37. The Morgan fingerprint density at radius 2 is 0.962 bits per heavy atom. The van der Waals surface area contributed by atoms with Crippen molar-refractivity contribution in [3.05, 3.63) is 204 Å². The summed E-state index contributed by atoms with van der Waals surface area (Å²) in [6.45, 7) is 0. The average molecular weight is 679 g/mol. The fraction of sp³-hybridized carbons (Fsp3) is 0.0204. The molecule has 0 radical (unpaired) electrons. The van der Waals surface area contributed by atoms with Crippen LogP contribution < -0.4 is 0 Å². The Bertz CT molecular complexity index is 2810. The smallest absolute Gasteiger partial charge is 0.160 e. The van der Waals surface area contributed by atoms with Crippen molar-refractivity contribution in [1.82, 2.24) is 9.97 Å². The Morgan fingerprint density at radius 3 is 1.73 bits per heavy atom. The minimum absolute atomic E-state index is 0.483. The zero-order valence-electron chi connectivity index (χ0n) is 28.1. The summed E-state index contributed by atoms with van der Waals surface area (Å²) in [5.41, 5.74) is 16.1. The van der Waals surface area contributed by atoms with Crippen LogP contribution in [0.1, 0.15) is 21.6 Å². The van der Waals surface area contributed by atoms with Gasteiger partial charge in [0.05, 0.1) is 16.8 Å². The molecule has 0 saturated heterocycles. The molecule has 0 atom stereocenters. The van der Waals surface area contributed by atoms with Crippen LogP contribution in [0.15, 0.2) is 182 Å². The maximum absolute atomic E-state index is 5.43. The number of hydrogen-bond acceptors (Lipinski definition) is 3. The van der Waals surface area contributed by atoms with Gasteiger partial charge in [-0.05, 0) is 62.7 Å². The molecule has 0 N–H and O–H groups in total. The third kappa shape index (κ3) is 4.11. The highest BCUT2D eigenvalue weighted by atomic mass is 32.1. The number of fused-ring (bicyclic) bond motifs is 12. The second-order valence-electron chi connectivity index (χ2n) is 13.6. The van der Waals surface area contributed by atoms with Gasteiger partial charge < -0.3 is 0 Å². The second-order valence-corrected chi connectivity index (χ2v) is 14.7. The van der Waals surface area contributed by atoms with Gasteiger partial charge >= 0.3 is 0 Å². The lowest BCUT2D eigenvalue weighted by atomic mass is 9.72.